The van der Waals surface area contributed by atoms with Crippen LogP contribution < -0.4 is 0 Å². The first-order chi connectivity index (χ1) is 15.7. The Morgan fingerprint density at radius 2 is 1.70 bits per heavy atom. The molecular weight excluding hydrogens is 412 g/mol. The second-order valence-electron chi connectivity index (χ2n) is 13.7. The minimum absolute atomic E-state index is 0.105. The fraction of sp³-hybridized carbons (Fsp3) is 0.966. The molecule has 6 rings (SSSR count). The molecule has 2 heterocycles. The van der Waals surface area contributed by atoms with Gasteiger partial charge in [-0.3, -0.25) is 4.79 Å². The lowest BCUT2D eigenvalue weighted by atomic mass is 9.44. The van der Waals surface area contributed by atoms with Crippen LogP contribution in [0.5, 0.6) is 0 Å². The molecule has 4 saturated carbocycles. The van der Waals surface area contributed by atoms with Gasteiger partial charge >= 0.3 is 5.97 Å². The van der Waals surface area contributed by atoms with Crippen LogP contribution in [0.3, 0.4) is 0 Å². The molecule has 6 fully saturated rings. The zero-order valence-corrected chi connectivity index (χ0v) is 21.6. The summed E-state index contributed by atoms with van der Waals surface area (Å²) >= 11 is 0. The molecule has 4 aliphatic carbocycles. The van der Waals surface area contributed by atoms with Gasteiger partial charge in [0.05, 0.1) is 12.7 Å². The third-order valence-electron chi connectivity index (χ3n) is 12.2. The van der Waals surface area contributed by atoms with Crippen molar-refractivity contribution in [1.82, 2.24) is 0 Å². The zero-order valence-electron chi connectivity index (χ0n) is 21.6. The Labute approximate surface area is 200 Å². The van der Waals surface area contributed by atoms with Crippen molar-refractivity contribution in [2.24, 2.45) is 52.3 Å². The molecule has 0 N–H and O–H groups in total. The highest BCUT2D eigenvalue weighted by atomic mass is 16.7. The number of esters is 1. The van der Waals surface area contributed by atoms with Crippen molar-refractivity contribution >= 4 is 5.97 Å². The van der Waals surface area contributed by atoms with E-state index in [-0.39, 0.29) is 17.9 Å². The summed E-state index contributed by atoms with van der Waals surface area (Å²) in [6.45, 7) is 12.4. The molecule has 33 heavy (non-hydrogen) atoms. The van der Waals surface area contributed by atoms with E-state index in [1.165, 1.54) is 44.9 Å². The predicted octanol–water partition coefficient (Wildman–Crippen LogP) is 6.36. The molecule has 1 spiro atoms. The lowest BCUT2D eigenvalue weighted by molar-refractivity contribution is -0.273. The zero-order chi connectivity index (χ0) is 23.2. The summed E-state index contributed by atoms with van der Waals surface area (Å²) in [6, 6.07) is 0. The van der Waals surface area contributed by atoms with Crippen molar-refractivity contribution in [3.63, 3.8) is 0 Å². The molecule has 6 aliphatic rings. The third kappa shape index (κ3) is 3.25. The number of carbonyl (C=O) groups excluding carboxylic acids is 1. The highest BCUT2D eigenvalue weighted by molar-refractivity contribution is 5.66. The van der Waals surface area contributed by atoms with Gasteiger partial charge in [-0.15, -0.1) is 0 Å². The van der Waals surface area contributed by atoms with Gasteiger partial charge in [0.15, 0.2) is 5.79 Å². The Kier molecular flexibility index (Phi) is 5.32. The van der Waals surface area contributed by atoms with Crippen molar-refractivity contribution in [1.29, 1.82) is 0 Å². The van der Waals surface area contributed by atoms with E-state index in [9.17, 15) is 4.79 Å². The molecule has 2 aliphatic heterocycles. The average molecular weight is 459 g/mol. The summed E-state index contributed by atoms with van der Waals surface area (Å²) in [4.78, 5) is 11.5. The Bertz CT molecular complexity index is 786. The van der Waals surface area contributed by atoms with Crippen LogP contribution in [-0.2, 0) is 19.0 Å². The SMILES string of the molecule is CC(=O)O[C@@H]1CC[C@@]2(C)[C@H](CC[C@H]3[C@H]2CC[C@]2(C)[C@@H]4[C@H](C[C@H]32)O[C@]2(CC[C@H](C)CO2)[C@H]4C)C1. The van der Waals surface area contributed by atoms with Gasteiger partial charge in [0.2, 0.25) is 0 Å². The Balaban J connectivity index is 1.21. The number of hydrogen-bond acceptors (Lipinski definition) is 4. The van der Waals surface area contributed by atoms with Crippen LogP contribution >= 0.6 is 0 Å². The number of rotatable bonds is 1. The molecule has 0 aromatic rings. The molecule has 0 aromatic heterocycles. The van der Waals surface area contributed by atoms with Gasteiger partial charge in [0, 0.05) is 19.3 Å². The first kappa shape index (κ1) is 22.8. The molecule has 0 unspecified atom stereocenters. The summed E-state index contributed by atoms with van der Waals surface area (Å²) in [5.74, 6) is 4.63. The molecule has 2 saturated heterocycles. The van der Waals surface area contributed by atoms with Crippen LogP contribution in [0.25, 0.3) is 0 Å². The van der Waals surface area contributed by atoms with Crippen molar-refractivity contribution in [2.75, 3.05) is 6.61 Å². The van der Waals surface area contributed by atoms with Crippen molar-refractivity contribution in [2.45, 2.75) is 117 Å². The Morgan fingerprint density at radius 1 is 0.909 bits per heavy atom. The standard InChI is InChI=1S/C29H46O4/c1-17-8-13-29(31-16-17)18(2)26-25(33-29)15-24-22-7-6-20-14-21(32-19(3)30)9-11-27(20,4)23(22)10-12-28(24,26)5/h17-18,20-26H,6-16H2,1-5H3/t17-,18-,20+,21+,22-,23+,24+,25-,26-,27-,28-,29+/m0/s1. The lowest BCUT2D eigenvalue weighted by Crippen LogP contribution is -2.55. The van der Waals surface area contributed by atoms with E-state index in [4.69, 9.17) is 14.2 Å². The number of fused-ring (bicyclic) bond motifs is 7. The van der Waals surface area contributed by atoms with Crippen LogP contribution in [0.15, 0.2) is 0 Å². The average Bonchev–Trinajstić information content (AvgIpc) is 3.21. The normalized spacial score (nSPS) is 57.7. The molecule has 0 aromatic carbocycles. The van der Waals surface area contributed by atoms with Crippen LogP contribution in [0.4, 0.5) is 0 Å². The molecular formula is C29H46O4. The van der Waals surface area contributed by atoms with E-state index in [1.807, 2.05) is 0 Å². The van der Waals surface area contributed by atoms with Crippen molar-refractivity contribution < 1.29 is 19.0 Å². The van der Waals surface area contributed by atoms with Gasteiger partial charge < -0.3 is 14.2 Å². The maximum atomic E-state index is 11.5. The van der Waals surface area contributed by atoms with Crippen molar-refractivity contribution in [3.8, 4) is 0 Å². The maximum absolute atomic E-state index is 11.5. The van der Waals surface area contributed by atoms with Crippen LogP contribution in [0.2, 0.25) is 0 Å². The highest BCUT2D eigenvalue weighted by Gasteiger charge is 2.69. The minimum atomic E-state index is -0.300. The second kappa shape index (κ2) is 7.69. The summed E-state index contributed by atoms with van der Waals surface area (Å²) in [5.41, 5.74) is 0.828. The quantitative estimate of drug-likeness (QED) is 0.429. The van der Waals surface area contributed by atoms with E-state index >= 15 is 0 Å². The second-order valence-corrected chi connectivity index (χ2v) is 13.7. The van der Waals surface area contributed by atoms with Crippen molar-refractivity contribution in [3.05, 3.63) is 0 Å². The topological polar surface area (TPSA) is 44.8 Å². The minimum Gasteiger partial charge on any atom is -0.463 e. The van der Waals surface area contributed by atoms with Gasteiger partial charge in [0.25, 0.3) is 0 Å². The summed E-state index contributed by atoms with van der Waals surface area (Å²) < 4.78 is 19.1. The van der Waals surface area contributed by atoms with Gasteiger partial charge in [-0.25, -0.2) is 0 Å². The molecule has 186 valence electrons. The smallest absolute Gasteiger partial charge is 0.302 e. The van der Waals surface area contributed by atoms with E-state index < -0.39 is 0 Å². The van der Waals surface area contributed by atoms with Crippen LogP contribution in [0.1, 0.15) is 98.8 Å². The molecule has 0 bridgehead atoms. The Hall–Kier alpha value is -0.610. The van der Waals surface area contributed by atoms with E-state index in [1.54, 1.807) is 6.92 Å². The third-order valence-corrected chi connectivity index (χ3v) is 12.2. The summed E-state index contributed by atoms with van der Waals surface area (Å²) in [6.07, 6.45) is 12.9. The number of carbonyl (C=O) groups is 1. The fourth-order valence-electron chi connectivity index (χ4n) is 10.6. The summed E-state index contributed by atoms with van der Waals surface area (Å²) in [7, 11) is 0. The molecule has 12 atom stereocenters. The molecule has 0 amide bonds. The summed E-state index contributed by atoms with van der Waals surface area (Å²) in [5, 5.41) is 0. The molecule has 4 nitrogen and oxygen atoms in total. The van der Waals surface area contributed by atoms with E-state index in [0.717, 1.165) is 49.5 Å². The number of hydrogen-bond donors (Lipinski definition) is 0. The van der Waals surface area contributed by atoms with E-state index in [2.05, 4.69) is 27.7 Å². The van der Waals surface area contributed by atoms with Gasteiger partial charge in [-0.2, -0.15) is 0 Å². The van der Waals surface area contributed by atoms with Gasteiger partial charge in [0.1, 0.15) is 6.10 Å². The van der Waals surface area contributed by atoms with Gasteiger partial charge in [-0.1, -0.05) is 27.7 Å². The van der Waals surface area contributed by atoms with Crippen LogP contribution in [0, 0.1) is 52.3 Å². The largest absolute Gasteiger partial charge is 0.463 e. The van der Waals surface area contributed by atoms with Crippen LogP contribution in [-0.4, -0.2) is 30.6 Å². The van der Waals surface area contributed by atoms with Gasteiger partial charge in [-0.05, 0) is 104 Å². The predicted molar refractivity (Wildman–Crippen MR) is 127 cm³/mol. The monoisotopic (exact) mass is 458 g/mol. The maximum Gasteiger partial charge on any atom is 0.302 e. The Morgan fingerprint density at radius 3 is 2.42 bits per heavy atom. The highest BCUT2D eigenvalue weighted by Crippen LogP contribution is 2.71. The number of ether oxygens (including phenoxy) is 3. The van der Waals surface area contributed by atoms with E-state index in [0.29, 0.717) is 34.7 Å². The first-order valence-electron chi connectivity index (χ1n) is 14.2. The first-order valence-corrected chi connectivity index (χ1v) is 14.2. The molecule has 4 heteroatoms. The fourth-order valence-corrected chi connectivity index (χ4v) is 10.6. The lowest BCUT2D eigenvalue weighted by Gasteiger charge is -2.61. The molecule has 0 radical (unpaired) electrons.